The molecule has 0 radical (unpaired) electrons. The fourth-order valence-corrected chi connectivity index (χ4v) is 4.59. The van der Waals surface area contributed by atoms with Gasteiger partial charge in [-0.1, -0.05) is 29.8 Å². The molecule has 2 aromatic rings. The summed E-state index contributed by atoms with van der Waals surface area (Å²) in [6, 6.07) is 8.23. The standard InChI is InChI=1S/C18H24N4O3S/c1-14-3-2-4-15(11-14)5-8-20-18(23)16-6-9-22(10-7-16)26(24,25)17-12-19-13-21-17/h2-4,11-13,16H,5-10H2,1H3,(H,19,21)(H,20,23). The molecule has 1 aliphatic heterocycles. The van der Waals surface area contributed by atoms with Crippen molar-refractivity contribution < 1.29 is 13.2 Å². The fourth-order valence-electron chi connectivity index (χ4n) is 3.22. The number of carbonyl (C=O) groups excluding carboxylic acids is 1. The molecule has 0 unspecified atom stereocenters. The normalized spacial score (nSPS) is 16.5. The average molecular weight is 376 g/mol. The summed E-state index contributed by atoms with van der Waals surface area (Å²) in [4.78, 5) is 18.7. The van der Waals surface area contributed by atoms with Crippen LogP contribution >= 0.6 is 0 Å². The minimum absolute atomic E-state index is 0.0104. The predicted octanol–water partition coefficient (Wildman–Crippen LogP) is 1.48. The average Bonchev–Trinajstić information content (AvgIpc) is 3.17. The highest BCUT2D eigenvalue weighted by molar-refractivity contribution is 7.89. The first kappa shape index (κ1) is 18.6. The molecule has 1 aliphatic rings. The lowest BCUT2D eigenvalue weighted by molar-refractivity contribution is -0.126. The molecular weight excluding hydrogens is 352 g/mol. The molecule has 1 saturated heterocycles. The van der Waals surface area contributed by atoms with Gasteiger partial charge in [-0.3, -0.25) is 4.79 Å². The third kappa shape index (κ3) is 4.31. The Kier molecular flexibility index (Phi) is 5.73. The van der Waals surface area contributed by atoms with Crippen LogP contribution in [-0.2, 0) is 21.2 Å². The Morgan fingerprint density at radius 1 is 1.35 bits per heavy atom. The molecule has 140 valence electrons. The minimum Gasteiger partial charge on any atom is -0.356 e. The number of H-pyrrole nitrogens is 1. The Hall–Kier alpha value is -2.19. The number of aromatic nitrogens is 2. The van der Waals surface area contributed by atoms with E-state index < -0.39 is 10.0 Å². The molecule has 0 bridgehead atoms. The Morgan fingerprint density at radius 2 is 2.12 bits per heavy atom. The number of rotatable bonds is 6. The van der Waals surface area contributed by atoms with E-state index in [9.17, 15) is 13.2 Å². The number of amides is 1. The van der Waals surface area contributed by atoms with E-state index in [1.807, 2.05) is 19.1 Å². The van der Waals surface area contributed by atoms with E-state index in [2.05, 4.69) is 27.4 Å². The molecule has 8 heteroatoms. The van der Waals surface area contributed by atoms with Crippen LogP contribution in [0.3, 0.4) is 0 Å². The SMILES string of the molecule is Cc1cccc(CCNC(=O)C2CCN(S(=O)(=O)c3cnc[nH]3)CC2)c1. The quantitative estimate of drug-likeness (QED) is 0.798. The molecule has 0 atom stereocenters. The number of nitrogens with zero attached hydrogens (tertiary/aromatic N) is 2. The molecule has 1 aromatic heterocycles. The number of aromatic amines is 1. The number of aryl methyl sites for hydroxylation is 1. The summed E-state index contributed by atoms with van der Waals surface area (Å²) in [6.45, 7) is 3.33. The van der Waals surface area contributed by atoms with Crippen LogP contribution < -0.4 is 5.32 Å². The largest absolute Gasteiger partial charge is 0.356 e. The molecule has 7 nitrogen and oxygen atoms in total. The van der Waals surface area contributed by atoms with E-state index in [4.69, 9.17) is 0 Å². The maximum absolute atomic E-state index is 12.4. The van der Waals surface area contributed by atoms with Crippen molar-refractivity contribution in [2.45, 2.75) is 31.2 Å². The molecule has 0 saturated carbocycles. The van der Waals surface area contributed by atoms with Crippen molar-refractivity contribution in [2.75, 3.05) is 19.6 Å². The van der Waals surface area contributed by atoms with E-state index in [0.29, 0.717) is 32.5 Å². The number of imidazole rings is 1. The van der Waals surface area contributed by atoms with Crippen LogP contribution in [0.4, 0.5) is 0 Å². The summed E-state index contributed by atoms with van der Waals surface area (Å²) in [6.07, 6.45) is 4.51. The fraction of sp³-hybridized carbons (Fsp3) is 0.444. The van der Waals surface area contributed by atoms with Crippen molar-refractivity contribution in [3.63, 3.8) is 0 Å². The van der Waals surface area contributed by atoms with Crippen molar-refractivity contribution in [2.24, 2.45) is 5.92 Å². The number of nitrogens with one attached hydrogen (secondary N) is 2. The van der Waals surface area contributed by atoms with Gasteiger partial charge in [0.25, 0.3) is 10.0 Å². The first-order chi connectivity index (χ1) is 12.5. The molecule has 2 N–H and O–H groups in total. The van der Waals surface area contributed by atoms with E-state index in [0.717, 1.165) is 6.42 Å². The molecule has 1 aromatic carbocycles. The Morgan fingerprint density at radius 3 is 2.77 bits per heavy atom. The second-order valence-electron chi connectivity index (χ2n) is 6.62. The van der Waals surface area contributed by atoms with E-state index >= 15 is 0 Å². The third-order valence-electron chi connectivity index (χ3n) is 4.71. The van der Waals surface area contributed by atoms with Crippen molar-refractivity contribution in [3.8, 4) is 0 Å². The third-order valence-corrected chi connectivity index (χ3v) is 6.54. The summed E-state index contributed by atoms with van der Waals surface area (Å²) >= 11 is 0. The number of benzene rings is 1. The van der Waals surface area contributed by atoms with E-state index in [1.165, 1.54) is 28.0 Å². The number of hydrogen-bond donors (Lipinski definition) is 2. The summed E-state index contributed by atoms with van der Waals surface area (Å²) in [5.74, 6) is -0.128. The molecule has 26 heavy (non-hydrogen) atoms. The van der Waals surface area contributed by atoms with Crippen LogP contribution in [0.25, 0.3) is 0 Å². The first-order valence-corrected chi connectivity index (χ1v) is 10.2. The van der Waals surface area contributed by atoms with Gasteiger partial charge in [0.2, 0.25) is 5.91 Å². The van der Waals surface area contributed by atoms with Gasteiger partial charge in [0.1, 0.15) is 0 Å². The van der Waals surface area contributed by atoms with Crippen LogP contribution in [0, 0.1) is 12.8 Å². The summed E-state index contributed by atoms with van der Waals surface area (Å²) in [7, 11) is -3.54. The lowest BCUT2D eigenvalue weighted by atomic mass is 9.97. The van der Waals surface area contributed by atoms with Gasteiger partial charge < -0.3 is 10.3 Å². The smallest absolute Gasteiger partial charge is 0.260 e. The highest BCUT2D eigenvalue weighted by Gasteiger charge is 2.32. The zero-order valence-corrected chi connectivity index (χ0v) is 15.6. The first-order valence-electron chi connectivity index (χ1n) is 8.78. The Balaban J connectivity index is 1.46. The van der Waals surface area contributed by atoms with Gasteiger partial charge in [-0.2, -0.15) is 4.31 Å². The monoisotopic (exact) mass is 376 g/mol. The molecule has 1 amide bonds. The maximum atomic E-state index is 12.4. The van der Waals surface area contributed by atoms with Gasteiger partial charge in [-0.15, -0.1) is 0 Å². The van der Waals surface area contributed by atoms with Crippen molar-refractivity contribution in [3.05, 3.63) is 47.9 Å². The molecule has 2 heterocycles. The highest BCUT2D eigenvalue weighted by atomic mass is 32.2. The lowest BCUT2D eigenvalue weighted by Crippen LogP contribution is -2.43. The van der Waals surface area contributed by atoms with Gasteiger partial charge in [0.05, 0.1) is 12.5 Å². The second-order valence-corrected chi connectivity index (χ2v) is 8.53. The second kappa shape index (κ2) is 8.01. The summed E-state index contributed by atoms with van der Waals surface area (Å²) in [5.41, 5.74) is 2.41. The van der Waals surface area contributed by atoms with Gasteiger partial charge in [0.15, 0.2) is 5.03 Å². The zero-order valence-electron chi connectivity index (χ0n) is 14.8. The predicted molar refractivity (Wildman–Crippen MR) is 98.0 cm³/mol. The van der Waals surface area contributed by atoms with Gasteiger partial charge >= 0.3 is 0 Å². The lowest BCUT2D eigenvalue weighted by Gasteiger charge is -2.30. The zero-order chi connectivity index (χ0) is 18.6. The van der Waals surface area contributed by atoms with Gasteiger partial charge in [0, 0.05) is 25.6 Å². The number of sulfonamides is 1. The maximum Gasteiger partial charge on any atom is 0.260 e. The highest BCUT2D eigenvalue weighted by Crippen LogP contribution is 2.22. The number of hydrogen-bond acceptors (Lipinski definition) is 4. The summed E-state index contributed by atoms with van der Waals surface area (Å²) in [5, 5.41) is 3.07. The minimum atomic E-state index is -3.54. The molecule has 0 spiro atoms. The molecule has 0 aliphatic carbocycles. The number of piperidine rings is 1. The topological polar surface area (TPSA) is 95.2 Å². The van der Waals surface area contributed by atoms with E-state index in [1.54, 1.807) is 0 Å². The van der Waals surface area contributed by atoms with E-state index in [-0.39, 0.29) is 16.9 Å². The van der Waals surface area contributed by atoms with Crippen LogP contribution in [0.1, 0.15) is 24.0 Å². The van der Waals surface area contributed by atoms with Crippen molar-refractivity contribution >= 4 is 15.9 Å². The van der Waals surface area contributed by atoms with Crippen LogP contribution in [-0.4, -0.2) is 48.2 Å². The Bertz CT molecular complexity index is 841. The van der Waals surface area contributed by atoms with Crippen LogP contribution in [0.15, 0.2) is 41.8 Å². The number of carbonyl (C=O) groups is 1. The van der Waals surface area contributed by atoms with Crippen LogP contribution in [0.5, 0.6) is 0 Å². The van der Waals surface area contributed by atoms with Crippen LogP contribution in [0.2, 0.25) is 0 Å². The van der Waals surface area contributed by atoms with Gasteiger partial charge in [-0.05, 0) is 31.7 Å². The molecule has 3 rings (SSSR count). The Labute approximate surface area is 153 Å². The molecule has 1 fully saturated rings. The van der Waals surface area contributed by atoms with Crippen molar-refractivity contribution in [1.82, 2.24) is 19.6 Å². The van der Waals surface area contributed by atoms with Crippen molar-refractivity contribution in [1.29, 1.82) is 0 Å². The molecular formula is C18H24N4O3S. The summed E-state index contributed by atoms with van der Waals surface area (Å²) < 4.78 is 26.3. The van der Waals surface area contributed by atoms with Gasteiger partial charge in [-0.25, -0.2) is 13.4 Å².